The minimum atomic E-state index is 0.0989. The van der Waals surface area contributed by atoms with Crippen LogP contribution in [-0.2, 0) is 4.79 Å². The van der Waals surface area contributed by atoms with Gasteiger partial charge in [0, 0.05) is 11.0 Å². The van der Waals surface area contributed by atoms with Crippen LogP contribution in [0.1, 0.15) is 20.3 Å². The number of nitrogens with one attached hydrogen (secondary N) is 1. The first-order valence-corrected chi connectivity index (χ1v) is 4.42. The van der Waals surface area contributed by atoms with Crippen LogP contribution in [0.15, 0.2) is 11.6 Å². The summed E-state index contributed by atoms with van der Waals surface area (Å²) in [7, 11) is 0. The summed E-state index contributed by atoms with van der Waals surface area (Å²) >= 11 is 5.51. The fourth-order valence-corrected chi connectivity index (χ4v) is 1.29. The highest BCUT2D eigenvalue weighted by Crippen LogP contribution is 2.51. The van der Waals surface area contributed by atoms with Crippen LogP contribution in [0.2, 0.25) is 0 Å². The Balaban J connectivity index is 2.27. The Morgan fingerprint density at radius 1 is 1.75 bits per heavy atom. The zero-order chi connectivity index (χ0) is 9.35. The van der Waals surface area contributed by atoms with Crippen LogP contribution < -0.4 is 5.32 Å². The van der Waals surface area contributed by atoms with Crippen molar-refractivity contribution in [3.8, 4) is 0 Å². The predicted octanol–water partition coefficient (Wildman–Crippen LogP) is 1.90. The van der Waals surface area contributed by atoms with E-state index in [1.807, 2.05) is 0 Å². The molecular formula is C9H14ClNO. The highest BCUT2D eigenvalue weighted by Gasteiger charge is 2.50. The van der Waals surface area contributed by atoms with Crippen LogP contribution in [0.5, 0.6) is 0 Å². The van der Waals surface area contributed by atoms with E-state index >= 15 is 0 Å². The predicted molar refractivity (Wildman–Crippen MR) is 49.9 cm³/mol. The molecule has 0 radical (unpaired) electrons. The molecule has 1 fully saturated rings. The maximum atomic E-state index is 11.3. The van der Waals surface area contributed by atoms with E-state index in [0.29, 0.717) is 11.6 Å². The zero-order valence-electron chi connectivity index (χ0n) is 7.48. The summed E-state index contributed by atoms with van der Waals surface area (Å²) < 4.78 is 0. The molecule has 1 aliphatic rings. The average Bonchev–Trinajstić information content (AvgIpc) is 2.55. The lowest BCUT2D eigenvalue weighted by molar-refractivity contribution is -0.122. The Labute approximate surface area is 78.0 Å². The average molecular weight is 188 g/mol. The standard InChI is InChI=1S/C9H14ClNO/c1-6(10)5-11-8(12)7-4-9(7,2)3/h7H,1,4-5H2,2-3H3,(H,11,12). The maximum absolute atomic E-state index is 11.3. The lowest BCUT2D eigenvalue weighted by Gasteiger charge is -2.04. The van der Waals surface area contributed by atoms with E-state index in [2.05, 4.69) is 25.7 Å². The van der Waals surface area contributed by atoms with Gasteiger partial charge in [-0.2, -0.15) is 0 Å². The first-order valence-electron chi connectivity index (χ1n) is 4.04. The molecule has 0 bridgehead atoms. The molecule has 1 aliphatic carbocycles. The van der Waals surface area contributed by atoms with Gasteiger partial charge in [0.25, 0.3) is 0 Å². The second-order valence-corrected chi connectivity index (χ2v) is 4.51. The van der Waals surface area contributed by atoms with Crippen molar-refractivity contribution in [2.75, 3.05) is 6.54 Å². The molecule has 1 N–H and O–H groups in total. The van der Waals surface area contributed by atoms with Crippen LogP contribution in [0, 0.1) is 11.3 Å². The highest BCUT2D eigenvalue weighted by atomic mass is 35.5. The second-order valence-electron chi connectivity index (χ2n) is 3.98. The Morgan fingerprint density at radius 3 is 2.58 bits per heavy atom. The smallest absolute Gasteiger partial charge is 0.223 e. The van der Waals surface area contributed by atoms with E-state index in [4.69, 9.17) is 11.6 Å². The van der Waals surface area contributed by atoms with Gasteiger partial charge >= 0.3 is 0 Å². The van der Waals surface area contributed by atoms with Gasteiger partial charge < -0.3 is 5.32 Å². The van der Waals surface area contributed by atoms with Crippen molar-refractivity contribution in [3.05, 3.63) is 11.6 Å². The summed E-state index contributed by atoms with van der Waals surface area (Å²) in [5.41, 5.74) is 0.192. The van der Waals surface area contributed by atoms with Gasteiger partial charge in [-0.25, -0.2) is 0 Å². The first kappa shape index (κ1) is 9.59. The number of hydrogen-bond acceptors (Lipinski definition) is 1. The van der Waals surface area contributed by atoms with Gasteiger partial charge in [0.15, 0.2) is 0 Å². The molecule has 0 heterocycles. The third-order valence-electron chi connectivity index (χ3n) is 2.28. The molecule has 0 saturated heterocycles. The number of hydrogen-bond donors (Lipinski definition) is 1. The number of carbonyl (C=O) groups is 1. The number of amides is 1. The number of halogens is 1. The van der Waals surface area contributed by atoms with Crippen LogP contribution in [-0.4, -0.2) is 12.5 Å². The largest absolute Gasteiger partial charge is 0.351 e. The molecule has 1 rings (SSSR count). The molecule has 12 heavy (non-hydrogen) atoms. The molecule has 1 unspecified atom stereocenters. The summed E-state index contributed by atoms with van der Waals surface area (Å²) in [6.45, 7) is 8.06. The molecule has 0 spiro atoms. The fraction of sp³-hybridized carbons (Fsp3) is 0.667. The van der Waals surface area contributed by atoms with Gasteiger partial charge in [0.2, 0.25) is 5.91 Å². The molecule has 1 amide bonds. The highest BCUT2D eigenvalue weighted by molar-refractivity contribution is 6.29. The Hall–Kier alpha value is -0.500. The summed E-state index contributed by atoms with van der Waals surface area (Å²) in [6, 6.07) is 0. The van der Waals surface area contributed by atoms with Crippen molar-refractivity contribution < 1.29 is 4.79 Å². The number of rotatable bonds is 3. The summed E-state index contributed by atoms with van der Waals surface area (Å²) in [6.07, 6.45) is 0.980. The molecule has 0 aromatic carbocycles. The van der Waals surface area contributed by atoms with E-state index in [1.165, 1.54) is 0 Å². The van der Waals surface area contributed by atoms with Gasteiger partial charge in [0.05, 0.1) is 6.54 Å². The van der Waals surface area contributed by atoms with Crippen molar-refractivity contribution in [1.29, 1.82) is 0 Å². The van der Waals surface area contributed by atoms with E-state index < -0.39 is 0 Å². The fourth-order valence-electron chi connectivity index (χ4n) is 1.22. The summed E-state index contributed by atoms with van der Waals surface area (Å²) in [4.78, 5) is 11.3. The van der Waals surface area contributed by atoms with Crippen LogP contribution in [0.3, 0.4) is 0 Å². The minimum absolute atomic E-state index is 0.0989. The molecule has 0 aromatic rings. The molecule has 68 valence electrons. The first-order chi connectivity index (χ1) is 5.43. The number of carbonyl (C=O) groups excluding carboxylic acids is 1. The zero-order valence-corrected chi connectivity index (χ0v) is 8.24. The second kappa shape index (κ2) is 3.09. The van der Waals surface area contributed by atoms with Crippen molar-refractivity contribution in [1.82, 2.24) is 5.32 Å². The van der Waals surface area contributed by atoms with Gasteiger partial charge in [-0.05, 0) is 11.8 Å². The Kier molecular flexibility index (Phi) is 2.47. The summed E-state index contributed by atoms with van der Waals surface area (Å²) in [5.74, 6) is 0.273. The molecule has 0 aliphatic heterocycles. The third-order valence-corrected chi connectivity index (χ3v) is 2.42. The van der Waals surface area contributed by atoms with E-state index in [1.54, 1.807) is 0 Å². The molecule has 3 heteroatoms. The van der Waals surface area contributed by atoms with Crippen molar-refractivity contribution in [2.45, 2.75) is 20.3 Å². The van der Waals surface area contributed by atoms with Gasteiger partial charge in [-0.1, -0.05) is 32.0 Å². The van der Waals surface area contributed by atoms with Crippen molar-refractivity contribution in [3.63, 3.8) is 0 Å². The van der Waals surface area contributed by atoms with Crippen LogP contribution >= 0.6 is 11.6 Å². The normalized spacial score (nSPS) is 24.8. The Bertz CT molecular complexity index is 223. The quantitative estimate of drug-likeness (QED) is 0.719. The van der Waals surface area contributed by atoms with E-state index in [-0.39, 0.29) is 17.2 Å². The van der Waals surface area contributed by atoms with E-state index in [0.717, 1.165) is 6.42 Å². The Morgan fingerprint density at radius 2 is 2.25 bits per heavy atom. The molecule has 2 nitrogen and oxygen atoms in total. The van der Waals surface area contributed by atoms with Gasteiger partial charge in [0.1, 0.15) is 0 Å². The topological polar surface area (TPSA) is 29.1 Å². The van der Waals surface area contributed by atoms with Gasteiger partial charge in [-0.15, -0.1) is 0 Å². The molecule has 1 atom stereocenters. The molecule has 0 aromatic heterocycles. The monoisotopic (exact) mass is 187 g/mol. The molecule has 1 saturated carbocycles. The summed E-state index contributed by atoms with van der Waals surface area (Å²) in [5, 5.41) is 3.20. The molecular weight excluding hydrogens is 174 g/mol. The lowest BCUT2D eigenvalue weighted by Crippen LogP contribution is -2.27. The van der Waals surface area contributed by atoms with Crippen molar-refractivity contribution in [2.24, 2.45) is 11.3 Å². The minimum Gasteiger partial charge on any atom is -0.351 e. The lowest BCUT2D eigenvalue weighted by atomic mass is 10.1. The van der Waals surface area contributed by atoms with E-state index in [9.17, 15) is 4.79 Å². The third kappa shape index (κ3) is 2.24. The van der Waals surface area contributed by atoms with Gasteiger partial charge in [-0.3, -0.25) is 4.79 Å². The van der Waals surface area contributed by atoms with Crippen molar-refractivity contribution >= 4 is 17.5 Å². The SMILES string of the molecule is C=C(Cl)CNC(=O)C1CC1(C)C. The maximum Gasteiger partial charge on any atom is 0.223 e. The van der Waals surface area contributed by atoms with Crippen LogP contribution in [0.25, 0.3) is 0 Å². The van der Waals surface area contributed by atoms with Crippen LogP contribution in [0.4, 0.5) is 0 Å².